The Morgan fingerprint density at radius 1 is 1.26 bits per heavy atom. The molecule has 0 saturated heterocycles. The van der Waals surface area contributed by atoms with Crippen LogP contribution in [0.2, 0.25) is 0 Å². The summed E-state index contributed by atoms with van der Waals surface area (Å²) in [6.45, 7) is 1.90. The van der Waals surface area contributed by atoms with E-state index in [1.807, 2.05) is 61.7 Å². The Hall–Kier alpha value is -3.08. The standard InChI is InChI=1S/C18H17N3O2/c1-13-5-4-6-15(9-13)23-12-18(22)21-20-11-14-10-19-17-8-3-2-7-16(14)17/h2-11,19H,12H2,1H3,(H,21,22)/b20-11+. The van der Waals surface area contributed by atoms with Crippen LogP contribution < -0.4 is 10.2 Å². The third-order valence-electron chi connectivity index (χ3n) is 3.37. The lowest BCUT2D eigenvalue weighted by Gasteiger charge is -2.05. The maximum atomic E-state index is 11.7. The van der Waals surface area contributed by atoms with Crippen LogP contribution in [0.1, 0.15) is 11.1 Å². The molecule has 0 atom stereocenters. The Kier molecular flexibility index (Phi) is 4.38. The molecule has 23 heavy (non-hydrogen) atoms. The summed E-state index contributed by atoms with van der Waals surface area (Å²) in [7, 11) is 0. The van der Waals surface area contributed by atoms with E-state index in [4.69, 9.17) is 4.74 Å². The van der Waals surface area contributed by atoms with Crippen molar-refractivity contribution < 1.29 is 9.53 Å². The quantitative estimate of drug-likeness (QED) is 0.562. The van der Waals surface area contributed by atoms with Crippen LogP contribution in [-0.2, 0) is 4.79 Å². The molecule has 5 heteroatoms. The van der Waals surface area contributed by atoms with Gasteiger partial charge in [0.2, 0.25) is 0 Å². The Morgan fingerprint density at radius 3 is 3.00 bits per heavy atom. The number of amides is 1. The van der Waals surface area contributed by atoms with Gasteiger partial charge in [-0.05, 0) is 30.7 Å². The number of benzene rings is 2. The van der Waals surface area contributed by atoms with Crippen molar-refractivity contribution in [2.45, 2.75) is 6.92 Å². The van der Waals surface area contributed by atoms with Gasteiger partial charge in [0.15, 0.2) is 6.61 Å². The van der Waals surface area contributed by atoms with Crippen LogP contribution in [0.3, 0.4) is 0 Å². The second-order valence-electron chi connectivity index (χ2n) is 5.19. The maximum Gasteiger partial charge on any atom is 0.277 e. The van der Waals surface area contributed by atoms with Gasteiger partial charge in [-0.2, -0.15) is 5.10 Å². The highest BCUT2D eigenvalue weighted by Gasteiger charge is 2.02. The monoisotopic (exact) mass is 307 g/mol. The van der Waals surface area contributed by atoms with Crippen molar-refractivity contribution in [1.82, 2.24) is 10.4 Å². The normalized spacial score (nSPS) is 11.0. The maximum absolute atomic E-state index is 11.7. The minimum atomic E-state index is -0.303. The zero-order chi connectivity index (χ0) is 16.1. The Bertz CT molecular complexity index is 852. The first-order valence-corrected chi connectivity index (χ1v) is 7.30. The van der Waals surface area contributed by atoms with E-state index in [-0.39, 0.29) is 12.5 Å². The molecule has 0 fully saturated rings. The third-order valence-corrected chi connectivity index (χ3v) is 3.37. The summed E-state index contributed by atoms with van der Waals surface area (Å²) >= 11 is 0. The van der Waals surface area contributed by atoms with Crippen LogP contribution in [0, 0.1) is 6.92 Å². The number of aromatic nitrogens is 1. The van der Waals surface area contributed by atoms with Gasteiger partial charge < -0.3 is 9.72 Å². The molecule has 5 nitrogen and oxygen atoms in total. The number of hydrogen-bond donors (Lipinski definition) is 2. The number of rotatable bonds is 5. The minimum Gasteiger partial charge on any atom is -0.484 e. The molecule has 116 valence electrons. The van der Waals surface area contributed by atoms with Gasteiger partial charge in [-0.3, -0.25) is 4.79 Å². The average molecular weight is 307 g/mol. The lowest BCUT2D eigenvalue weighted by atomic mass is 10.2. The molecule has 0 spiro atoms. The molecule has 3 aromatic rings. The molecule has 0 aliphatic rings. The SMILES string of the molecule is Cc1cccc(OCC(=O)N/N=C/c2c[nH]c3ccccc23)c1. The molecule has 3 rings (SSSR count). The van der Waals surface area contributed by atoms with Gasteiger partial charge in [0.05, 0.1) is 6.21 Å². The van der Waals surface area contributed by atoms with Gasteiger partial charge in [-0.25, -0.2) is 5.43 Å². The molecule has 0 aliphatic heterocycles. The molecule has 0 radical (unpaired) electrons. The molecule has 2 N–H and O–H groups in total. The Balaban J connectivity index is 1.54. The molecule has 0 unspecified atom stereocenters. The van der Waals surface area contributed by atoms with E-state index in [9.17, 15) is 4.79 Å². The first-order chi connectivity index (χ1) is 11.2. The van der Waals surface area contributed by atoms with Crippen molar-refractivity contribution in [2.75, 3.05) is 6.61 Å². The molecule has 0 saturated carbocycles. The minimum absolute atomic E-state index is 0.0747. The van der Waals surface area contributed by atoms with Crippen molar-refractivity contribution in [1.29, 1.82) is 0 Å². The molecule has 1 aromatic heterocycles. The van der Waals surface area contributed by atoms with Crippen molar-refractivity contribution in [3.8, 4) is 5.75 Å². The lowest BCUT2D eigenvalue weighted by molar-refractivity contribution is -0.123. The molecule has 0 aliphatic carbocycles. The fraction of sp³-hybridized carbons (Fsp3) is 0.111. The zero-order valence-electron chi connectivity index (χ0n) is 12.7. The number of carbonyl (C=O) groups is 1. The first-order valence-electron chi connectivity index (χ1n) is 7.30. The molecular formula is C18H17N3O2. The van der Waals surface area contributed by atoms with Crippen molar-refractivity contribution in [2.24, 2.45) is 5.10 Å². The average Bonchev–Trinajstić information content (AvgIpc) is 2.97. The number of nitrogens with one attached hydrogen (secondary N) is 2. The molecule has 2 aromatic carbocycles. The number of ether oxygens (including phenoxy) is 1. The number of carbonyl (C=O) groups excluding carboxylic acids is 1. The highest BCUT2D eigenvalue weighted by Crippen LogP contribution is 2.15. The van der Waals surface area contributed by atoms with Crippen molar-refractivity contribution in [3.63, 3.8) is 0 Å². The van der Waals surface area contributed by atoms with E-state index in [0.717, 1.165) is 22.0 Å². The predicted molar refractivity (Wildman–Crippen MR) is 90.7 cm³/mol. The van der Waals surface area contributed by atoms with Crippen LogP contribution in [-0.4, -0.2) is 23.7 Å². The van der Waals surface area contributed by atoms with Crippen molar-refractivity contribution >= 4 is 23.0 Å². The van der Waals surface area contributed by atoms with E-state index in [1.165, 1.54) is 0 Å². The summed E-state index contributed by atoms with van der Waals surface area (Å²) < 4.78 is 5.41. The third kappa shape index (κ3) is 3.77. The number of aryl methyl sites for hydroxylation is 1. The second kappa shape index (κ2) is 6.79. The molecule has 0 bridgehead atoms. The summed E-state index contributed by atoms with van der Waals surface area (Å²) in [5, 5.41) is 5.03. The van der Waals surface area contributed by atoms with E-state index in [2.05, 4.69) is 15.5 Å². The molecule has 1 amide bonds. The fourth-order valence-corrected chi connectivity index (χ4v) is 2.26. The van der Waals surface area contributed by atoms with Gasteiger partial charge in [-0.1, -0.05) is 30.3 Å². The highest BCUT2D eigenvalue weighted by molar-refractivity contribution is 5.99. The van der Waals surface area contributed by atoms with Crippen LogP contribution in [0.15, 0.2) is 59.8 Å². The smallest absolute Gasteiger partial charge is 0.277 e. The van der Waals surface area contributed by atoms with E-state index < -0.39 is 0 Å². The van der Waals surface area contributed by atoms with E-state index in [0.29, 0.717) is 5.75 Å². The van der Waals surface area contributed by atoms with Gasteiger partial charge >= 0.3 is 0 Å². The topological polar surface area (TPSA) is 66.5 Å². The van der Waals surface area contributed by atoms with Gasteiger partial charge in [0, 0.05) is 22.7 Å². The van der Waals surface area contributed by atoms with Gasteiger partial charge in [0.25, 0.3) is 5.91 Å². The Morgan fingerprint density at radius 2 is 2.13 bits per heavy atom. The predicted octanol–water partition coefficient (Wildman–Crippen LogP) is 3.01. The van der Waals surface area contributed by atoms with Crippen LogP contribution in [0.5, 0.6) is 5.75 Å². The van der Waals surface area contributed by atoms with Crippen LogP contribution in [0.25, 0.3) is 10.9 Å². The van der Waals surface area contributed by atoms with Gasteiger partial charge in [-0.15, -0.1) is 0 Å². The fourth-order valence-electron chi connectivity index (χ4n) is 2.26. The number of para-hydroxylation sites is 1. The summed E-state index contributed by atoms with van der Waals surface area (Å²) in [4.78, 5) is 14.9. The summed E-state index contributed by atoms with van der Waals surface area (Å²) in [5.41, 5.74) is 5.49. The Labute approximate surface area is 134 Å². The zero-order valence-corrected chi connectivity index (χ0v) is 12.7. The largest absolute Gasteiger partial charge is 0.484 e. The number of H-pyrrole nitrogens is 1. The summed E-state index contributed by atoms with van der Waals surface area (Å²) in [5.74, 6) is 0.364. The number of aromatic amines is 1. The number of nitrogens with zero attached hydrogens (tertiary/aromatic N) is 1. The first kappa shape index (κ1) is 14.8. The number of hydrogen-bond acceptors (Lipinski definition) is 3. The van der Waals surface area contributed by atoms with Crippen LogP contribution in [0.4, 0.5) is 0 Å². The van der Waals surface area contributed by atoms with Crippen molar-refractivity contribution in [3.05, 3.63) is 65.9 Å². The number of hydrazone groups is 1. The lowest BCUT2D eigenvalue weighted by Crippen LogP contribution is -2.24. The van der Waals surface area contributed by atoms with E-state index >= 15 is 0 Å². The van der Waals surface area contributed by atoms with Crippen LogP contribution >= 0.6 is 0 Å². The highest BCUT2D eigenvalue weighted by atomic mass is 16.5. The van der Waals surface area contributed by atoms with Gasteiger partial charge in [0.1, 0.15) is 5.75 Å². The second-order valence-corrected chi connectivity index (χ2v) is 5.19. The molecule has 1 heterocycles. The number of fused-ring (bicyclic) bond motifs is 1. The molecular weight excluding hydrogens is 290 g/mol. The van der Waals surface area contributed by atoms with E-state index in [1.54, 1.807) is 6.21 Å². The summed E-state index contributed by atoms with van der Waals surface area (Å²) in [6.07, 6.45) is 3.47. The summed E-state index contributed by atoms with van der Waals surface area (Å²) in [6, 6.07) is 15.5.